The molecule has 1 aliphatic rings. The number of hydrogen-bond donors (Lipinski definition) is 1. The van der Waals surface area contributed by atoms with Crippen LogP contribution in [0.15, 0.2) is 66.7 Å². The van der Waals surface area contributed by atoms with Crippen LogP contribution in [0.2, 0.25) is 5.02 Å². The van der Waals surface area contributed by atoms with Crippen molar-refractivity contribution < 1.29 is 27.8 Å². The van der Waals surface area contributed by atoms with Gasteiger partial charge in [0.2, 0.25) is 0 Å². The Bertz CT molecular complexity index is 1370. The van der Waals surface area contributed by atoms with Gasteiger partial charge in [0, 0.05) is 28.2 Å². The second kappa shape index (κ2) is 10.1. The van der Waals surface area contributed by atoms with Gasteiger partial charge in [0.05, 0.1) is 13.2 Å². The number of alkyl halides is 2. The van der Waals surface area contributed by atoms with Gasteiger partial charge in [0.25, 0.3) is 5.91 Å². The van der Waals surface area contributed by atoms with E-state index in [4.69, 9.17) is 21.1 Å². The number of aromatic nitrogens is 1. The molecule has 1 aromatic heterocycles. The molecule has 1 aliphatic heterocycles. The van der Waals surface area contributed by atoms with Gasteiger partial charge in [-0.05, 0) is 72.1 Å². The van der Waals surface area contributed by atoms with E-state index in [-0.39, 0.29) is 18.3 Å². The van der Waals surface area contributed by atoms with Gasteiger partial charge < -0.3 is 24.1 Å². The number of fused-ring (bicyclic) bond motifs is 3. The molecule has 9 heteroatoms. The van der Waals surface area contributed by atoms with Crippen LogP contribution in [-0.4, -0.2) is 42.7 Å². The quantitative estimate of drug-likeness (QED) is 0.330. The smallest absolute Gasteiger partial charge is 0.387 e. The third-order valence-corrected chi connectivity index (χ3v) is 6.50. The number of hydrogen-bond acceptors (Lipinski definition) is 4. The monoisotopic (exact) mass is 512 g/mol. The van der Waals surface area contributed by atoms with Crippen LogP contribution in [0.5, 0.6) is 17.2 Å². The molecule has 1 unspecified atom stereocenters. The lowest BCUT2D eigenvalue weighted by Gasteiger charge is -2.36. The van der Waals surface area contributed by atoms with Gasteiger partial charge >= 0.3 is 6.61 Å². The van der Waals surface area contributed by atoms with Crippen molar-refractivity contribution in [2.75, 3.05) is 20.3 Å². The van der Waals surface area contributed by atoms with Gasteiger partial charge in [-0.2, -0.15) is 8.78 Å². The van der Waals surface area contributed by atoms with Gasteiger partial charge in [-0.1, -0.05) is 23.7 Å². The first kappa shape index (κ1) is 23.9. The van der Waals surface area contributed by atoms with E-state index in [1.54, 1.807) is 48.4 Å². The van der Waals surface area contributed by atoms with Gasteiger partial charge in [-0.3, -0.25) is 4.79 Å². The Hall–Kier alpha value is -3.78. The summed E-state index contributed by atoms with van der Waals surface area (Å²) < 4.78 is 40.9. The molecule has 1 N–H and O–H groups in total. The van der Waals surface area contributed by atoms with Crippen molar-refractivity contribution in [2.45, 2.75) is 19.1 Å². The highest BCUT2D eigenvalue weighted by Crippen LogP contribution is 2.40. The zero-order chi connectivity index (χ0) is 25.2. The van der Waals surface area contributed by atoms with Crippen molar-refractivity contribution in [3.05, 3.63) is 88.6 Å². The largest absolute Gasteiger partial charge is 0.497 e. The summed E-state index contributed by atoms with van der Waals surface area (Å²) in [4.78, 5) is 18.6. The number of aromatic amines is 1. The molecule has 1 amide bonds. The second-order valence-electron chi connectivity index (χ2n) is 8.36. The second-order valence-corrected chi connectivity index (χ2v) is 8.79. The summed E-state index contributed by atoms with van der Waals surface area (Å²) in [6, 6.07) is 18.5. The van der Waals surface area contributed by atoms with E-state index in [9.17, 15) is 13.6 Å². The predicted octanol–water partition coefficient (Wildman–Crippen LogP) is 5.98. The third kappa shape index (κ3) is 4.81. The summed E-state index contributed by atoms with van der Waals surface area (Å²) in [5, 5.41) is 1.60. The maximum absolute atomic E-state index is 13.4. The molecule has 0 fully saturated rings. The van der Waals surface area contributed by atoms with Crippen LogP contribution in [0.3, 0.4) is 0 Å². The van der Waals surface area contributed by atoms with Crippen LogP contribution in [0.25, 0.3) is 10.9 Å². The van der Waals surface area contributed by atoms with Gasteiger partial charge in [-0.15, -0.1) is 0 Å². The summed E-state index contributed by atoms with van der Waals surface area (Å²) in [6.07, 6.45) is 0.637. The number of H-pyrrole nitrogens is 1. The average molecular weight is 513 g/mol. The van der Waals surface area contributed by atoms with Crippen molar-refractivity contribution in [2.24, 2.45) is 0 Å². The fraction of sp³-hybridized carbons (Fsp3) is 0.222. The molecule has 186 valence electrons. The summed E-state index contributed by atoms with van der Waals surface area (Å²) >= 11 is 5.93. The minimum absolute atomic E-state index is 0.0510. The molecule has 1 atom stereocenters. The lowest BCUT2D eigenvalue weighted by Crippen LogP contribution is -2.42. The van der Waals surface area contributed by atoms with Crippen molar-refractivity contribution in [3.8, 4) is 17.2 Å². The molecule has 2 heterocycles. The first-order chi connectivity index (χ1) is 17.4. The fourth-order valence-electron chi connectivity index (χ4n) is 4.60. The van der Waals surface area contributed by atoms with E-state index in [0.29, 0.717) is 23.7 Å². The number of ether oxygens (including phenoxy) is 3. The molecule has 0 saturated heterocycles. The highest BCUT2D eigenvalue weighted by atomic mass is 35.5. The third-order valence-electron chi connectivity index (χ3n) is 6.25. The van der Waals surface area contributed by atoms with E-state index < -0.39 is 12.7 Å². The molecule has 6 nitrogen and oxygen atoms in total. The maximum atomic E-state index is 13.4. The molecule has 36 heavy (non-hydrogen) atoms. The number of carbonyl (C=O) groups is 1. The van der Waals surface area contributed by atoms with Crippen molar-refractivity contribution >= 4 is 28.4 Å². The van der Waals surface area contributed by atoms with Crippen molar-refractivity contribution in [1.29, 1.82) is 0 Å². The van der Waals surface area contributed by atoms with Crippen LogP contribution in [0.1, 0.15) is 22.9 Å². The number of rotatable bonds is 7. The zero-order valence-electron chi connectivity index (χ0n) is 19.3. The lowest BCUT2D eigenvalue weighted by molar-refractivity contribution is -0.135. The molecule has 0 spiro atoms. The minimum atomic E-state index is -2.91. The number of methoxy groups -OCH3 is 1. The molecule has 4 aromatic rings. The number of amides is 1. The Balaban J connectivity index is 1.49. The molecular formula is C27H23ClF2N2O4. The van der Waals surface area contributed by atoms with Crippen LogP contribution in [-0.2, 0) is 11.2 Å². The Morgan fingerprint density at radius 3 is 2.44 bits per heavy atom. The summed E-state index contributed by atoms with van der Waals surface area (Å²) in [5.74, 6) is 1.12. The van der Waals surface area contributed by atoms with E-state index in [1.807, 2.05) is 18.2 Å². The first-order valence-corrected chi connectivity index (χ1v) is 11.7. The maximum Gasteiger partial charge on any atom is 0.387 e. The molecule has 0 saturated carbocycles. The molecule has 0 aliphatic carbocycles. The molecule has 0 radical (unpaired) electrons. The summed E-state index contributed by atoms with van der Waals surface area (Å²) in [6.45, 7) is -2.61. The number of nitrogens with zero attached hydrogens (tertiary/aromatic N) is 1. The highest BCUT2D eigenvalue weighted by Gasteiger charge is 2.35. The van der Waals surface area contributed by atoms with E-state index in [2.05, 4.69) is 9.72 Å². The van der Waals surface area contributed by atoms with Crippen LogP contribution < -0.4 is 14.2 Å². The standard InChI is InChI=1S/C27H23ClF2N2O4/c1-34-20-10-11-23-22(14-20)21-12-13-32(24(33)15-35-18-8-4-17(28)5-9-18)26(25(21)31-23)16-2-6-19(7-3-16)36-27(29)30/h2-11,14,26-27,31H,12-13,15H2,1H3. The summed E-state index contributed by atoms with van der Waals surface area (Å²) in [5.41, 5.74) is 3.64. The Labute approximate surface area is 211 Å². The highest BCUT2D eigenvalue weighted by molar-refractivity contribution is 6.30. The normalized spacial score (nSPS) is 15.1. The Morgan fingerprint density at radius 2 is 1.75 bits per heavy atom. The number of nitrogens with one attached hydrogen (secondary N) is 1. The van der Waals surface area contributed by atoms with Gasteiger partial charge in [0.15, 0.2) is 6.61 Å². The van der Waals surface area contributed by atoms with Gasteiger partial charge in [0.1, 0.15) is 17.2 Å². The minimum Gasteiger partial charge on any atom is -0.497 e. The number of benzene rings is 3. The van der Waals surface area contributed by atoms with Gasteiger partial charge in [-0.25, -0.2) is 0 Å². The summed E-state index contributed by atoms with van der Waals surface area (Å²) in [7, 11) is 1.62. The Kier molecular flexibility index (Phi) is 6.69. The van der Waals surface area contributed by atoms with E-state index >= 15 is 0 Å². The van der Waals surface area contributed by atoms with E-state index in [1.165, 1.54) is 12.1 Å². The fourth-order valence-corrected chi connectivity index (χ4v) is 4.73. The number of halogens is 3. The van der Waals surface area contributed by atoms with Crippen LogP contribution in [0.4, 0.5) is 8.78 Å². The number of carbonyl (C=O) groups excluding carboxylic acids is 1. The lowest BCUT2D eigenvalue weighted by atomic mass is 9.92. The average Bonchev–Trinajstić information content (AvgIpc) is 3.25. The first-order valence-electron chi connectivity index (χ1n) is 11.3. The van der Waals surface area contributed by atoms with Crippen molar-refractivity contribution in [3.63, 3.8) is 0 Å². The van der Waals surface area contributed by atoms with Crippen molar-refractivity contribution in [1.82, 2.24) is 9.88 Å². The molecule has 5 rings (SSSR count). The van der Waals surface area contributed by atoms with E-state index in [0.717, 1.165) is 33.5 Å². The molecule has 0 bridgehead atoms. The molecule has 3 aromatic carbocycles. The Morgan fingerprint density at radius 1 is 1.06 bits per heavy atom. The van der Waals surface area contributed by atoms with Crippen LogP contribution in [0, 0.1) is 0 Å². The molecular weight excluding hydrogens is 490 g/mol. The van der Waals surface area contributed by atoms with Crippen LogP contribution >= 0.6 is 11.6 Å². The zero-order valence-corrected chi connectivity index (χ0v) is 20.1. The predicted molar refractivity (Wildman–Crippen MR) is 132 cm³/mol. The topological polar surface area (TPSA) is 63.8 Å². The SMILES string of the molecule is COc1ccc2[nH]c3c(c2c1)CCN(C(=O)COc1ccc(Cl)cc1)C3c1ccc(OC(F)F)cc1.